The molecule has 0 aliphatic rings. The molecule has 0 bridgehead atoms. The van der Waals surface area contributed by atoms with E-state index >= 15 is 0 Å². The second kappa shape index (κ2) is 38.8. The Labute approximate surface area is 53.0 Å². The molecule has 0 fully saturated rings. The van der Waals surface area contributed by atoms with Crippen molar-refractivity contribution in [2.75, 3.05) is 14.1 Å². The quantitative estimate of drug-likeness (QED) is 0.398. The zero-order chi connectivity index (χ0) is 5.41. The first kappa shape index (κ1) is 15.8. The number of carboxylic acid groups (broad SMARTS) is 1. The molecular formula is C3H8NNiO2-. The first-order chi connectivity index (χ1) is 2.83. The summed E-state index contributed by atoms with van der Waals surface area (Å²) in [6, 6.07) is 0. The predicted molar refractivity (Wildman–Crippen MR) is 23.9 cm³/mol. The minimum Gasteiger partial charge on any atom is -0.668 e. The first-order valence-electron chi connectivity index (χ1n) is 1.39. The van der Waals surface area contributed by atoms with Crippen LogP contribution in [0.1, 0.15) is 0 Å². The van der Waals surface area contributed by atoms with Crippen molar-refractivity contribution in [1.82, 2.24) is 0 Å². The standard InChI is InChI=1S/C2H6N.CH2O2.Ni/c1-3-2;2-1-3;/h1-2H3;1H,(H,2,3);/q-1;;. The van der Waals surface area contributed by atoms with Gasteiger partial charge in [0.1, 0.15) is 0 Å². The Hall–Kier alpha value is -0.0765. The molecule has 0 aromatic carbocycles. The Morgan fingerprint density at radius 1 is 1.57 bits per heavy atom. The molecule has 0 heterocycles. The van der Waals surface area contributed by atoms with E-state index in [1.165, 1.54) is 0 Å². The molecule has 4 heteroatoms. The van der Waals surface area contributed by atoms with Crippen LogP contribution in [0.2, 0.25) is 0 Å². The number of hydrogen-bond donors (Lipinski definition) is 1. The third-order valence-corrected chi connectivity index (χ3v) is 0. The van der Waals surface area contributed by atoms with E-state index in [1.807, 2.05) is 0 Å². The van der Waals surface area contributed by atoms with Crippen molar-refractivity contribution in [3.05, 3.63) is 5.32 Å². The first-order valence-corrected chi connectivity index (χ1v) is 1.39. The van der Waals surface area contributed by atoms with E-state index in [0.29, 0.717) is 0 Å². The molecule has 7 heavy (non-hydrogen) atoms. The smallest absolute Gasteiger partial charge is 0.290 e. The summed E-state index contributed by atoms with van der Waals surface area (Å²) in [5, 5.41) is 10.4. The van der Waals surface area contributed by atoms with Gasteiger partial charge < -0.3 is 10.4 Å². The molecule has 0 aromatic rings. The molecule has 0 aromatic heterocycles. The van der Waals surface area contributed by atoms with Gasteiger partial charge in [-0.2, -0.15) is 14.1 Å². The Morgan fingerprint density at radius 3 is 1.57 bits per heavy atom. The molecule has 0 spiro atoms. The summed E-state index contributed by atoms with van der Waals surface area (Å²) in [4.78, 5) is 8.36. The molecule has 0 atom stereocenters. The minimum atomic E-state index is -0.250. The molecule has 1 N–H and O–H groups in total. The van der Waals surface area contributed by atoms with Gasteiger partial charge in [-0.15, -0.1) is 0 Å². The van der Waals surface area contributed by atoms with Crippen LogP contribution in [0.4, 0.5) is 0 Å². The van der Waals surface area contributed by atoms with Crippen LogP contribution in [-0.4, -0.2) is 25.7 Å². The largest absolute Gasteiger partial charge is 0.668 e. The zero-order valence-corrected chi connectivity index (χ0v) is 5.18. The second-order valence-corrected chi connectivity index (χ2v) is 0.553. The van der Waals surface area contributed by atoms with Gasteiger partial charge in [0.05, 0.1) is 0 Å². The van der Waals surface area contributed by atoms with Crippen LogP contribution >= 0.6 is 0 Å². The van der Waals surface area contributed by atoms with Crippen LogP contribution in [-0.2, 0) is 21.3 Å². The van der Waals surface area contributed by atoms with Gasteiger partial charge in [0.25, 0.3) is 6.47 Å². The van der Waals surface area contributed by atoms with Gasteiger partial charge in [-0.1, -0.05) is 0 Å². The summed E-state index contributed by atoms with van der Waals surface area (Å²) in [7, 11) is 3.50. The van der Waals surface area contributed by atoms with Crippen molar-refractivity contribution >= 4 is 6.47 Å². The topological polar surface area (TPSA) is 51.4 Å². The molecule has 48 valence electrons. The molecule has 3 nitrogen and oxygen atoms in total. The third-order valence-electron chi connectivity index (χ3n) is 0. The van der Waals surface area contributed by atoms with E-state index in [-0.39, 0.29) is 23.0 Å². The fraction of sp³-hybridized carbons (Fsp3) is 0.667. The SMILES string of the molecule is C[N-]C.O=CO.[Ni]. The number of carbonyl (C=O) groups is 1. The van der Waals surface area contributed by atoms with Gasteiger partial charge in [0.15, 0.2) is 0 Å². The van der Waals surface area contributed by atoms with E-state index in [4.69, 9.17) is 9.90 Å². The van der Waals surface area contributed by atoms with Crippen molar-refractivity contribution in [3.63, 3.8) is 0 Å². The van der Waals surface area contributed by atoms with E-state index in [0.717, 1.165) is 0 Å². The average molecular weight is 149 g/mol. The summed E-state index contributed by atoms with van der Waals surface area (Å²) in [5.41, 5.74) is 0. The molecular weight excluding hydrogens is 141 g/mol. The van der Waals surface area contributed by atoms with E-state index < -0.39 is 0 Å². The van der Waals surface area contributed by atoms with Crippen LogP contribution in [0, 0.1) is 0 Å². The minimum absolute atomic E-state index is 0. The van der Waals surface area contributed by atoms with Crippen LogP contribution in [0.3, 0.4) is 0 Å². The molecule has 0 amide bonds. The maximum atomic E-state index is 8.36. The maximum Gasteiger partial charge on any atom is 0.290 e. The van der Waals surface area contributed by atoms with Crippen molar-refractivity contribution in [3.8, 4) is 0 Å². The molecule has 0 rings (SSSR count). The van der Waals surface area contributed by atoms with Crippen molar-refractivity contribution in [1.29, 1.82) is 0 Å². The summed E-state index contributed by atoms with van der Waals surface area (Å²) >= 11 is 0. The average Bonchev–Trinajstić information content (AvgIpc) is 1.39. The molecule has 0 saturated heterocycles. The van der Waals surface area contributed by atoms with Crippen molar-refractivity contribution in [2.24, 2.45) is 0 Å². The fourth-order valence-corrected chi connectivity index (χ4v) is 0. The number of rotatable bonds is 0. The summed E-state index contributed by atoms with van der Waals surface area (Å²) in [5.74, 6) is 0. The Balaban J connectivity index is -0.0000000400. The number of nitrogens with zero attached hydrogens (tertiary/aromatic N) is 1. The van der Waals surface area contributed by atoms with E-state index in [2.05, 4.69) is 5.32 Å². The van der Waals surface area contributed by atoms with Gasteiger partial charge in [-0.25, -0.2) is 0 Å². The molecule has 0 aliphatic heterocycles. The molecule has 0 radical (unpaired) electrons. The Morgan fingerprint density at radius 2 is 1.57 bits per heavy atom. The van der Waals surface area contributed by atoms with Crippen LogP contribution < -0.4 is 0 Å². The van der Waals surface area contributed by atoms with Gasteiger partial charge in [-0.3, -0.25) is 4.79 Å². The third kappa shape index (κ3) is 15600. The van der Waals surface area contributed by atoms with Crippen molar-refractivity contribution in [2.45, 2.75) is 0 Å². The van der Waals surface area contributed by atoms with E-state index in [9.17, 15) is 0 Å². The molecule has 0 saturated carbocycles. The number of hydrogen-bond acceptors (Lipinski definition) is 1. The maximum absolute atomic E-state index is 8.36. The fourth-order valence-electron chi connectivity index (χ4n) is 0. The van der Waals surface area contributed by atoms with Gasteiger partial charge in [0, 0.05) is 16.5 Å². The monoisotopic (exact) mass is 148 g/mol. The van der Waals surface area contributed by atoms with Gasteiger partial charge in [0.2, 0.25) is 0 Å². The van der Waals surface area contributed by atoms with Gasteiger partial charge in [-0.05, 0) is 0 Å². The Kier molecular flexibility index (Phi) is 87.5. The normalized spacial score (nSPS) is 4.29. The van der Waals surface area contributed by atoms with Crippen LogP contribution in [0.25, 0.3) is 5.32 Å². The zero-order valence-electron chi connectivity index (χ0n) is 4.20. The summed E-state index contributed by atoms with van der Waals surface area (Å²) < 4.78 is 0. The van der Waals surface area contributed by atoms with Crippen molar-refractivity contribution < 1.29 is 26.4 Å². The van der Waals surface area contributed by atoms with E-state index in [1.54, 1.807) is 14.1 Å². The summed E-state index contributed by atoms with van der Waals surface area (Å²) in [6.45, 7) is -0.250. The molecule has 0 unspecified atom stereocenters. The van der Waals surface area contributed by atoms with Gasteiger partial charge >= 0.3 is 0 Å². The Bertz CT molecular complexity index is 26.9. The summed E-state index contributed by atoms with van der Waals surface area (Å²) in [6.07, 6.45) is 0. The second-order valence-electron chi connectivity index (χ2n) is 0.553. The van der Waals surface area contributed by atoms with Crippen LogP contribution in [0.15, 0.2) is 0 Å². The predicted octanol–water partition coefficient (Wildman–Crippen LogP) is 0.318. The van der Waals surface area contributed by atoms with Crippen LogP contribution in [0.5, 0.6) is 0 Å². The molecule has 0 aliphatic carbocycles.